The number of nitrogens with zero attached hydrogens (tertiary/aromatic N) is 2. The van der Waals surface area contributed by atoms with Gasteiger partial charge >= 0.3 is 0 Å². The predicted octanol–water partition coefficient (Wildman–Crippen LogP) is 2.43. The lowest BCUT2D eigenvalue weighted by molar-refractivity contribution is 0.0560. The molecule has 1 aliphatic heterocycles. The molecule has 3 rings (SSSR count). The third-order valence-electron chi connectivity index (χ3n) is 5.10. The van der Waals surface area contributed by atoms with Crippen LogP contribution in [0.3, 0.4) is 0 Å². The molecule has 1 aliphatic rings. The van der Waals surface area contributed by atoms with Crippen LogP contribution in [0.4, 0.5) is 0 Å². The van der Waals surface area contributed by atoms with Crippen molar-refractivity contribution in [1.82, 2.24) is 9.80 Å². The number of carbonyl (C=O) groups excluding carboxylic acids is 1. The van der Waals surface area contributed by atoms with Crippen LogP contribution in [0.25, 0.3) is 0 Å². The van der Waals surface area contributed by atoms with E-state index in [2.05, 4.69) is 24.1 Å². The maximum absolute atomic E-state index is 13.1. The van der Waals surface area contributed by atoms with Gasteiger partial charge in [-0.25, -0.2) is 0 Å². The number of rotatable bonds is 6. The maximum Gasteiger partial charge on any atom is 0.289 e. The molecule has 27 heavy (non-hydrogen) atoms. The van der Waals surface area contributed by atoms with Crippen LogP contribution in [0, 0.1) is 0 Å². The molecule has 0 atom stereocenters. The quantitative estimate of drug-likeness (QED) is 0.781. The largest absolute Gasteiger partial charge is 0.490 e. The minimum Gasteiger partial charge on any atom is -0.490 e. The van der Waals surface area contributed by atoms with Crippen molar-refractivity contribution in [3.8, 4) is 5.75 Å². The second-order valence-corrected chi connectivity index (χ2v) is 6.95. The molecular formula is C21H26N2O4. The fourth-order valence-electron chi connectivity index (χ4n) is 3.45. The van der Waals surface area contributed by atoms with Crippen molar-refractivity contribution in [3.63, 3.8) is 0 Å². The number of piperidine rings is 1. The Bertz CT molecular complexity index is 810. The Labute approximate surface area is 159 Å². The number of benzene rings is 1. The molecule has 0 spiro atoms. The van der Waals surface area contributed by atoms with Crippen molar-refractivity contribution in [2.75, 3.05) is 33.8 Å². The predicted molar refractivity (Wildman–Crippen MR) is 103 cm³/mol. The van der Waals surface area contributed by atoms with Gasteiger partial charge in [0.1, 0.15) is 6.26 Å². The summed E-state index contributed by atoms with van der Waals surface area (Å²) in [6, 6.07) is 11.5. The van der Waals surface area contributed by atoms with Crippen LogP contribution in [0.1, 0.15) is 29.0 Å². The highest BCUT2D eigenvalue weighted by Gasteiger charge is 2.29. The van der Waals surface area contributed by atoms with Gasteiger partial charge in [0.05, 0.1) is 7.11 Å². The summed E-state index contributed by atoms with van der Waals surface area (Å²) in [6.07, 6.45) is 3.80. The molecule has 0 saturated carbocycles. The monoisotopic (exact) mass is 370 g/mol. The zero-order valence-corrected chi connectivity index (χ0v) is 15.9. The molecule has 144 valence electrons. The van der Waals surface area contributed by atoms with Gasteiger partial charge in [-0.15, -0.1) is 0 Å². The topological polar surface area (TPSA) is 63.0 Å². The van der Waals surface area contributed by atoms with Gasteiger partial charge in [-0.05, 0) is 45.0 Å². The lowest BCUT2D eigenvalue weighted by Gasteiger charge is -2.37. The van der Waals surface area contributed by atoms with E-state index in [9.17, 15) is 9.59 Å². The standard InChI is InChI=1S/C21H26N2O4/c1-22-11-9-17(10-12-22)23(13-8-16-6-4-3-5-7-16)21(25)19-14-18(24)20(26-2)15-27-19/h3-7,14-15,17H,8-13H2,1-2H3. The minimum atomic E-state index is -0.349. The Balaban J connectivity index is 1.80. The van der Waals surface area contributed by atoms with E-state index >= 15 is 0 Å². The third kappa shape index (κ3) is 4.77. The number of likely N-dealkylation sites (tertiary alicyclic amines) is 1. The number of hydrogen-bond acceptors (Lipinski definition) is 5. The molecule has 0 unspecified atom stereocenters. The lowest BCUT2D eigenvalue weighted by atomic mass is 10.0. The highest BCUT2D eigenvalue weighted by Crippen LogP contribution is 2.19. The molecule has 1 aromatic carbocycles. The van der Waals surface area contributed by atoms with E-state index in [4.69, 9.17) is 9.15 Å². The van der Waals surface area contributed by atoms with E-state index in [0.29, 0.717) is 6.54 Å². The Morgan fingerprint density at radius 1 is 1.26 bits per heavy atom. The van der Waals surface area contributed by atoms with Crippen molar-refractivity contribution >= 4 is 5.91 Å². The van der Waals surface area contributed by atoms with Gasteiger partial charge in [-0.3, -0.25) is 9.59 Å². The molecule has 2 aromatic rings. The number of carbonyl (C=O) groups is 1. The first-order chi connectivity index (χ1) is 13.1. The second kappa shape index (κ2) is 8.86. The number of methoxy groups -OCH3 is 1. The van der Waals surface area contributed by atoms with Gasteiger partial charge in [-0.2, -0.15) is 0 Å². The van der Waals surface area contributed by atoms with Crippen molar-refractivity contribution in [3.05, 3.63) is 64.2 Å². The van der Waals surface area contributed by atoms with Gasteiger partial charge in [0.25, 0.3) is 5.91 Å². The van der Waals surface area contributed by atoms with Gasteiger partial charge in [0.2, 0.25) is 11.2 Å². The lowest BCUT2D eigenvalue weighted by Crippen LogP contribution is -2.47. The van der Waals surface area contributed by atoms with Crippen LogP contribution >= 0.6 is 0 Å². The molecule has 1 aromatic heterocycles. The van der Waals surface area contributed by atoms with Crippen LogP contribution in [0.2, 0.25) is 0 Å². The van der Waals surface area contributed by atoms with Gasteiger partial charge in [0.15, 0.2) is 5.76 Å². The summed E-state index contributed by atoms with van der Waals surface area (Å²) >= 11 is 0. The smallest absolute Gasteiger partial charge is 0.289 e. The number of hydrogen-bond donors (Lipinski definition) is 0. The van der Waals surface area contributed by atoms with Gasteiger partial charge in [-0.1, -0.05) is 30.3 Å². The first-order valence-corrected chi connectivity index (χ1v) is 9.28. The molecule has 6 heteroatoms. The summed E-state index contributed by atoms with van der Waals surface area (Å²) in [4.78, 5) is 29.3. The van der Waals surface area contributed by atoms with Crippen LogP contribution in [-0.2, 0) is 6.42 Å². The first kappa shape index (κ1) is 19.2. The van der Waals surface area contributed by atoms with E-state index < -0.39 is 0 Å². The Kier molecular flexibility index (Phi) is 6.29. The summed E-state index contributed by atoms with van der Waals surface area (Å²) in [5.41, 5.74) is 0.831. The molecule has 0 bridgehead atoms. The average molecular weight is 370 g/mol. The van der Waals surface area contributed by atoms with Gasteiger partial charge in [0, 0.05) is 18.7 Å². The molecule has 0 aliphatic carbocycles. The molecule has 2 heterocycles. The van der Waals surface area contributed by atoms with Crippen LogP contribution in [0.5, 0.6) is 5.75 Å². The third-order valence-corrected chi connectivity index (χ3v) is 5.10. The van der Waals surface area contributed by atoms with Gasteiger partial charge < -0.3 is 19.0 Å². The zero-order chi connectivity index (χ0) is 19.2. The fourth-order valence-corrected chi connectivity index (χ4v) is 3.45. The van der Waals surface area contributed by atoms with Crippen molar-refractivity contribution in [1.29, 1.82) is 0 Å². The Morgan fingerprint density at radius 2 is 1.96 bits per heavy atom. The summed E-state index contributed by atoms with van der Waals surface area (Å²) in [5.74, 6) is -0.0743. The van der Waals surface area contributed by atoms with E-state index in [-0.39, 0.29) is 28.9 Å². The fraction of sp³-hybridized carbons (Fsp3) is 0.429. The Hall–Kier alpha value is -2.60. The normalized spacial score (nSPS) is 15.5. The molecule has 1 amide bonds. The number of amides is 1. The van der Waals surface area contributed by atoms with Crippen LogP contribution in [0.15, 0.2) is 51.9 Å². The molecular weight excluding hydrogens is 344 g/mol. The van der Waals surface area contributed by atoms with E-state index in [1.807, 2.05) is 23.1 Å². The molecule has 1 fully saturated rings. The highest BCUT2D eigenvalue weighted by atomic mass is 16.5. The zero-order valence-electron chi connectivity index (χ0n) is 15.9. The van der Waals surface area contributed by atoms with E-state index in [0.717, 1.165) is 32.4 Å². The summed E-state index contributed by atoms with van der Waals surface area (Å²) < 4.78 is 10.3. The van der Waals surface area contributed by atoms with E-state index in [1.54, 1.807) is 0 Å². The molecule has 6 nitrogen and oxygen atoms in total. The molecule has 1 saturated heterocycles. The van der Waals surface area contributed by atoms with E-state index in [1.165, 1.54) is 25.0 Å². The van der Waals surface area contributed by atoms with Crippen molar-refractivity contribution in [2.24, 2.45) is 0 Å². The first-order valence-electron chi connectivity index (χ1n) is 9.28. The van der Waals surface area contributed by atoms with Crippen LogP contribution < -0.4 is 10.2 Å². The number of ether oxygens (including phenoxy) is 1. The minimum absolute atomic E-state index is 0.0628. The SMILES string of the molecule is COc1coc(C(=O)N(CCc2ccccc2)C2CCN(C)CC2)cc1=O. The van der Waals surface area contributed by atoms with Crippen LogP contribution in [-0.4, -0.2) is 55.5 Å². The summed E-state index contributed by atoms with van der Waals surface area (Å²) in [6.45, 7) is 2.49. The highest BCUT2D eigenvalue weighted by molar-refractivity contribution is 5.91. The summed E-state index contributed by atoms with van der Waals surface area (Å²) in [7, 11) is 3.49. The molecule has 0 N–H and O–H groups in total. The average Bonchev–Trinajstić information content (AvgIpc) is 2.70. The second-order valence-electron chi connectivity index (χ2n) is 6.95. The van der Waals surface area contributed by atoms with Crippen molar-refractivity contribution < 1.29 is 13.9 Å². The molecule has 0 radical (unpaired) electrons. The maximum atomic E-state index is 13.1. The van der Waals surface area contributed by atoms with Crippen molar-refractivity contribution in [2.45, 2.75) is 25.3 Å². The summed E-state index contributed by atoms with van der Waals surface area (Å²) in [5, 5.41) is 0. The Morgan fingerprint density at radius 3 is 2.59 bits per heavy atom.